The molecule has 8 nitrogen and oxygen atoms in total. The first-order chi connectivity index (χ1) is 14.0. The summed E-state index contributed by atoms with van der Waals surface area (Å²) in [6.45, 7) is 4.51. The molecule has 0 unspecified atom stereocenters. The quantitative estimate of drug-likeness (QED) is 0.508. The number of amides is 2. The second-order valence-electron chi connectivity index (χ2n) is 6.57. The molecule has 2 aliphatic heterocycles. The summed E-state index contributed by atoms with van der Waals surface area (Å²) in [5, 5.41) is 0.471. The Morgan fingerprint density at radius 2 is 1.83 bits per heavy atom. The number of nitrogens with zero attached hydrogens (tertiary/aromatic N) is 3. The van der Waals surface area contributed by atoms with Crippen LogP contribution in [0.15, 0.2) is 35.4 Å². The third kappa shape index (κ3) is 5.23. The summed E-state index contributed by atoms with van der Waals surface area (Å²) >= 11 is 1.25. The van der Waals surface area contributed by atoms with Crippen LogP contribution in [-0.4, -0.2) is 79.8 Å². The maximum atomic E-state index is 12.7. The molecule has 0 spiro atoms. The average Bonchev–Trinajstić information content (AvgIpc) is 3.07. The van der Waals surface area contributed by atoms with Crippen molar-refractivity contribution >= 4 is 35.2 Å². The SMILES string of the molecule is CCOC(=O)/C=C1\SCC(=O)N1CC(=O)N1CCN(c2ccc(OC)cc2)CC1. The van der Waals surface area contributed by atoms with Gasteiger partial charge in [0.1, 0.15) is 12.3 Å². The molecule has 1 aromatic carbocycles. The molecule has 0 saturated carbocycles. The van der Waals surface area contributed by atoms with Gasteiger partial charge in [-0.25, -0.2) is 4.79 Å². The second-order valence-corrected chi connectivity index (χ2v) is 7.56. The van der Waals surface area contributed by atoms with Gasteiger partial charge in [-0.05, 0) is 31.2 Å². The van der Waals surface area contributed by atoms with Crippen molar-refractivity contribution in [3.8, 4) is 5.75 Å². The molecular weight excluding hydrogens is 394 g/mol. The number of thioether (sulfide) groups is 1. The largest absolute Gasteiger partial charge is 0.497 e. The number of hydrogen-bond donors (Lipinski definition) is 0. The van der Waals surface area contributed by atoms with Crippen molar-refractivity contribution in [2.45, 2.75) is 6.92 Å². The number of methoxy groups -OCH3 is 1. The maximum absolute atomic E-state index is 12.7. The fourth-order valence-corrected chi connectivity index (χ4v) is 4.16. The van der Waals surface area contributed by atoms with Crippen molar-refractivity contribution in [2.75, 3.05) is 57.1 Å². The Morgan fingerprint density at radius 3 is 2.45 bits per heavy atom. The lowest BCUT2D eigenvalue weighted by Crippen LogP contribution is -2.51. The van der Waals surface area contributed by atoms with E-state index in [1.54, 1.807) is 18.9 Å². The van der Waals surface area contributed by atoms with E-state index in [0.29, 0.717) is 31.2 Å². The summed E-state index contributed by atoms with van der Waals surface area (Å²) in [6.07, 6.45) is 1.29. The van der Waals surface area contributed by atoms with Crippen molar-refractivity contribution < 1.29 is 23.9 Å². The van der Waals surface area contributed by atoms with Gasteiger partial charge in [0.2, 0.25) is 11.8 Å². The fourth-order valence-electron chi connectivity index (χ4n) is 3.23. The monoisotopic (exact) mass is 419 g/mol. The third-order valence-electron chi connectivity index (χ3n) is 4.80. The fraction of sp³-hybridized carbons (Fsp3) is 0.450. The minimum atomic E-state index is -0.504. The Hall–Kier alpha value is -2.68. The number of rotatable bonds is 6. The first kappa shape index (κ1) is 21.0. The van der Waals surface area contributed by atoms with Gasteiger partial charge in [-0.2, -0.15) is 0 Å². The second kappa shape index (κ2) is 9.69. The molecule has 3 rings (SSSR count). The molecule has 0 aromatic heterocycles. The van der Waals surface area contributed by atoms with Gasteiger partial charge in [-0.3, -0.25) is 14.5 Å². The van der Waals surface area contributed by atoms with Gasteiger partial charge in [0.25, 0.3) is 0 Å². The summed E-state index contributed by atoms with van der Waals surface area (Å²) in [7, 11) is 1.64. The number of esters is 1. The van der Waals surface area contributed by atoms with Crippen molar-refractivity contribution in [3.63, 3.8) is 0 Å². The molecular formula is C20H25N3O5S. The molecule has 0 aliphatic carbocycles. The summed E-state index contributed by atoms with van der Waals surface area (Å²) < 4.78 is 10.1. The van der Waals surface area contributed by atoms with Crippen LogP contribution in [0.25, 0.3) is 0 Å². The molecule has 0 radical (unpaired) electrons. The minimum absolute atomic E-state index is 0.0559. The molecule has 1 aromatic rings. The van der Waals surface area contributed by atoms with Gasteiger partial charge < -0.3 is 19.3 Å². The van der Waals surface area contributed by atoms with Crippen molar-refractivity contribution in [1.29, 1.82) is 0 Å². The van der Waals surface area contributed by atoms with Crippen LogP contribution in [-0.2, 0) is 19.1 Å². The number of carbonyl (C=O) groups is 3. The van der Waals surface area contributed by atoms with E-state index >= 15 is 0 Å². The number of hydrogen-bond acceptors (Lipinski definition) is 7. The third-order valence-corrected chi connectivity index (χ3v) is 5.83. The molecule has 29 heavy (non-hydrogen) atoms. The molecule has 2 heterocycles. The predicted molar refractivity (Wildman–Crippen MR) is 111 cm³/mol. The highest BCUT2D eigenvalue weighted by Crippen LogP contribution is 2.29. The lowest BCUT2D eigenvalue weighted by Gasteiger charge is -2.36. The Labute approximate surface area is 174 Å². The summed E-state index contributed by atoms with van der Waals surface area (Å²) in [4.78, 5) is 41.9. The van der Waals surface area contributed by atoms with Gasteiger partial charge in [-0.15, -0.1) is 0 Å². The highest BCUT2D eigenvalue weighted by molar-refractivity contribution is 8.04. The zero-order chi connectivity index (χ0) is 20.8. The maximum Gasteiger partial charge on any atom is 0.333 e. The highest BCUT2D eigenvalue weighted by Gasteiger charge is 2.31. The topological polar surface area (TPSA) is 79.4 Å². The number of piperazine rings is 1. The van der Waals surface area contributed by atoms with Gasteiger partial charge in [-0.1, -0.05) is 11.8 Å². The van der Waals surface area contributed by atoms with E-state index in [1.165, 1.54) is 22.7 Å². The van der Waals surface area contributed by atoms with Crippen LogP contribution in [0.5, 0.6) is 5.75 Å². The smallest absolute Gasteiger partial charge is 0.333 e. The molecule has 156 valence electrons. The van der Waals surface area contributed by atoms with Crippen LogP contribution in [0.1, 0.15) is 6.92 Å². The van der Waals surface area contributed by atoms with E-state index in [9.17, 15) is 14.4 Å². The molecule has 0 N–H and O–H groups in total. The first-order valence-corrected chi connectivity index (χ1v) is 10.5. The van der Waals surface area contributed by atoms with Crippen molar-refractivity contribution in [1.82, 2.24) is 9.80 Å². The van der Waals surface area contributed by atoms with Gasteiger partial charge in [0.05, 0.1) is 30.6 Å². The highest BCUT2D eigenvalue weighted by atomic mass is 32.2. The summed E-state index contributed by atoms with van der Waals surface area (Å²) in [6, 6.07) is 7.84. The van der Waals surface area contributed by atoms with Crippen LogP contribution >= 0.6 is 11.8 Å². The lowest BCUT2D eigenvalue weighted by molar-refractivity contribution is -0.138. The van der Waals surface area contributed by atoms with Crippen LogP contribution in [0.3, 0.4) is 0 Å². The standard InChI is InChI=1S/C20H25N3O5S/c1-3-28-20(26)12-19-23(18(25)14-29-19)13-17(24)22-10-8-21(9-11-22)15-4-6-16(27-2)7-5-15/h4-7,12H,3,8-11,13-14H2,1-2H3/b19-12-. The normalized spacial score (nSPS) is 18.3. The van der Waals surface area contributed by atoms with Crippen LogP contribution in [0.2, 0.25) is 0 Å². The molecule has 9 heteroatoms. The Morgan fingerprint density at radius 1 is 1.14 bits per heavy atom. The zero-order valence-electron chi connectivity index (χ0n) is 16.6. The van der Waals surface area contributed by atoms with Crippen LogP contribution < -0.4 is 9.64 Å². The summed E-state index contributed by atoms with van der Waals surface area (Å²) in [5.74, 6) is 0.238. The Bertz CT molecular complexity index is 788. The molecule has 2 amide bonds. The molecule has 2 fully saturated rings. The first-order valence-electron chi connectivity index (χ1n) is 9.50. The van der Waals surface area contributed by atoms with E-state index in [0.717, 1.165) is 11.4 Å². The Balaban J connectivity index is 1.55. The average molecular weight is 420 g/mol. The predicted octanol–water partition coefficient (Wildman–Crippen LogP) is 1.32. The van der Waals surface area contributed by atoms with E-state index < -0.39 is 5.97 Å². The van der Waals surface area contributed by atoms with E-state index in [-0.39, 0.29) is 30.7 Å². The molecule has 0 bridgehead atoms. The van der Waals surface area contributed by atoms with E-state index in [1.807, 2.05) is 24.3 Å². The number of ether oxygens (including phenoxy) is 2. The number of carbonyl (C=O) groups excluding carboxylic acids is 3. The van der Waals surface area contributed by atoms with Gasteiger partial charge in [0.15, 0.2) is 0 Å². The van der Waals surface area contributed by atoms with E-state index in [2.05, 4.69) is 4.90 Å². The zero-order valence-corrected chi connectivity index (χ0v) is 17.4. The molecule has 0 atom stereocenters. The van der Waals surface area contributed by atoms with Crippen LogP contribution in [0, 0.1) is 0 Å². The molecule has 2 aliphatic rings. The summed E-state index contributed by atoms with van der Waals surface area (Å²) in [5.41, 5.74) is 1.09. The van der Waals surface area contributed by atoms with Crippen LogP contribution in [0.4, 0.5) is 5.69 Å². The van der Waals surface area contributed by atoms with Gasteiger partial charge in [0, 0.05) is 31.9 Å². The lowest BCUT2D eigenvalue weighted by atomic mass is 10.2. The molecule has 2 saturated heterocycles. The Kier molecular flexibility index (Phi) is 7.03. The number of benzene rings is 1. The number of anilines is 1. The van der Waals surface area contributed by atoms with Crippen molar-refractivity contribution in [3.05, 3.63) is 35.4 Å². The minimum Gasteiger partial charge on any atom is -0.497 e. The van der Waals surface area contributed by atoms with Crippen molar-refractivity contribution in [2.24, 2.45) is 0 Å². The van der Waals surface area contributed by atoms with E-state index in [4.69, 9.17) is 9.47 Å². The van der Waals surface area contributed by atoms with Gasteiger partial charge >= 0.3 is 5.97 Å².